The normalized spacial score (nSPS) is 25.1. The third-order valence-electron chi connectivity index (χ3n) is 6.02. The van der Waals surface area contributed by atoms with E-state index in [1.165, 1.54) is 18.6 Å². The van der Waals surface area contributed by atoms with E-state index in [9.17, 15) is 14.3 Å². The fourth-order valence-corrected chi connectivity index (χ4v) is 4.43. The van der Waals surface area contributed by atoms with E-state index < -0.39 is 6.29 Å². The van der Waals surface area contributed by atoms with Crippen molar-refractivity contribution in [3.05, 3.63) is 47.5 Å². The largest absolute Gasteiger partial charge is 0.459 e. The summed E-state index contributed by atoms with van der Waals surface area (Å²) in [5, 5.41) is 9.36. The second-order valence-electron chi connectivity index (χ2n) is 8.14. The van der Waals surface area contributed by atoms with Crippen LogP contribution in [0.4, 0.5) is 4.39 Å². The smallest absolute Gasteiger partial charge is 0.288 e. The number of aliphatic hydroxyl groups excluding tert-OH is 1. The zero-order valence-corrected chi connectivity index (χ0v) is 17.9. The van der Waals surface area contributed by atoms with Crippen molar-refractivity contribution in [2.45, 2.75) is 64.1 Å². The number of hydrogen-bond acceptors (Lipinski definition) is 4. The van der Waals surface area contributed by atoms with Crippen LogP contribution in [0.25, 0.3) is 0 Å². The van der Waals surface area contributed by atoms with Gasteiger partial charge in [0.1, 0.15) is 5.82 Å². The lowest BCUT2D eigenvalue weighted by molar-refractivity contribution is -0.170. The Morgan fingerprint density at radius 2 is 1.83 bits per heavy atom. The molecule has 2 aliphatic heterocycles. The summed E-state index contributed by atoms with van der Waals surface area (Å²) in [6.07, 6.45) is 8.14. The van der Waals surface area contributed by atoms with Gasteiger partial charge < -0.3 is 19.5 Å². The first-order chi connectivity index (χ1) is 14.6. The van der Waals surface area contributed by atoms with Crippen LogP contribution in [-0.2, 0) is 14.3 Å². The van der Waals surface area contributed by atoms with Gasteiger partial charge in [-0.15, -0.1) is 0 Å². The maximum atomic E-state index is 13.5. The van der Waals surface area contributed by atoms with Gasteiger partial charge in [-0.25, -0.2) is 4.39 Å². The van der Waals surface area contributed by atoms with E-state index >= 15 is 0 Å². The third-order valence-corrected chi connectivity index (χ3v) is 6.02. The van der Waals surface area contributed by atoms with Crippen LogP contribution in [0.1, 0.15) is 63.4 Å². The highest BCUT2D eigenvalue weighted by Gasteiger charge is 2.38. The fraction of sp³-hybridized carbons (Fsp3) is 0.625. The molecule has 5 nitrogen and oxygen atoms in total. The maximum absolute atomic E-state index is 13.5. The molecular weight excluding hydrogens is 385 g/mol. The van der Waals surface area contributed by atoms with Gasteiger partial charge in [-0.05, 0) is 56.4 Å². The van der Waals surface area contributed by atoms with E-state index in [1.54, 1.807) is 12.1 Å². The molecule has 0 saturated carbocycles. The summed E-state index contributed by atoms with van der Waals surface area (Å²) in [5.41, 5.74) is 0.922. The Labute approximate surface area is 178 Å². The highest BCUT2D eigenvalue weighted by molar-refractivity contribution is 5.91. The zero-order chi connectivity index (χ0) is 21.3. The van der Waals surface area contributed by atoms with Crippen LogP contribution >= 0.6 is 0 Å². The summed E-state index contributed by atoms with van der Waals surface area (Å²) in [6.45, 7) is 3.93. The summed E-state index contributed by atoms with van der Waals surface area (Å²) in [7, 11) is 0. The van der Waals surface area contributed by atoms with Crippen LogP contribution in [0.5, 0.6) is 0 Å². The number of allylic oxidation sites excluding steroid dienone is 1. The van der Waals surface area contributed by atoms with Gasteiger partial charge in [0.15, 0.2) is 5.76 Å². The molecule has 0 aromatic heterocycles. The van der Waals surface area contributed by atoms with Crippen molar-refractivity contribution >= 4 is 5.91 Å². The number of carbonyl (C=O) groups is 1. The number of ether oxygens (including phenoxy) is 2. The van der Waals surface area contributed by atoms with E-state index in [0.717, 1.165) is 44.3 Å². The average Bonchev–Trinajstić information content (AvgIpc) is 2.72. The molecule has 6 heteroatoms. The van der Waals surface area contributed by atoms with Gasteiger partial charge in [-0.2, -0.15) is 0 Å². The molecule has 3 atom stereocenters. The lowest BCUT2D eigenvalue weighted by Gasteiger charge is -2.38. The summed E-state index contributed by atoms with van der Waals surface area (Å²) in [6, 6.07) is 6.40. The molecule has 1 aromatic rings. The van der Waals surface area contributed by atoms with Crippen molar-refractivity contribution in [2.24, 2.45) is 5.92 Å². The molecule has 0 spiro atoms. The molecule has 0 aliphatic carbocycles. The number of aliphatic hydroxyl groups is 1. The minimum absolute atomic E-state index is 0.0635. The van der Waals surface area contributed by atoms with E-state index in [4.69, 9.17) is 9.47 Å². The van der Waals surface area contributed by atoms with Gasteiger partial charge in [0, 0.05) is 38.1 Å². The number of benzene rings is 1. The summed E-state index contributed by atoms with van der Waals surface area (Å²) < 4.78 is 25.5. The van der Waals surface area contributed by atoms with Crippen LogP contribution < -0.4 is 0 Å². The van der Waals surface area contributed by atoms with Crippen LogP contribution in [0.15, 0.2) is 36.1 Å². The van der Waals surface area contributed by atoms with Crippen molar-refractivity contribution in [2.75, 3.05) is 26.3 Å². The minimum Gasteiger partial charge on any atom is -0.459 e. The topological polar surface area (TPSA) is 59.0 Å². The predicted octanol–water partition coefficient (Wildman–Crippen LogP) is 4.37. The molecular formula is C24H34FNO4. The van der Waals surface area contributed by atoms with E-state index in [2.05, 4.69) is 0 Å². The SMILES string of the molecule is CCO[C@H]1OC(C(=O)N2CCCCCCC2)=C[C@@H](c2ccc(F)cc2)[C@@H]1CCCO. The molecule has 2 aliphatic rings. The Morgan fingerprint density at radius 1 is 1.17 bits per heavy atom. The first kappa shape index (κ1) is 22.8. The van der Waals surface area contributed by atoms with Crippen LogP contribution in [0.2, 0.25) is 0 Å². The number of rotatable bonds is 7. The lowest BCUT2D eigenvalue weighted by atomic mass is 9.80. The highest BCUT2D eigenvalue weighted by atomic mass is 19.1. The molecule has 1 amide bonds. The van der Waals surface area contributed by atoms with Gasteiger partial charge in [-0.3, -0.25) is 4.79 Å². The summed E-state index contributed by atoms with van der Waals surface area (Å²) in [5.74, 6) is -0.263. The standard InChI is InChI=1S/C24H34FNO4/c1-2-29-24-20(9-8-16-27)21(18-10-12-19(25)13-11-18)17-22(30-24)23(28)26-14-6-4-3-5-7-15-26/h10-13,17,20-21,24,27H,2-9,14-16H2,1H3/t20-,21-,24-/m0/s1. The van der Waals surface area contributed by atoms with Crippen LogP contribution in [0, 0.1) is 11.7 Å². The van der Waals surface area contributed by atoms with Crippen molar-refractivity contribution < 1.29 is 23.8 Å². The van der Waals surface area contributed by atoms with Crippen LogP contribution in [0.3, 0.4) is 0 Å². The van der Waals surface area contributed by atoms with Crippen molar-refractivity contribution in [3.8, 4) is 0 Å². The van der Waals surface area contributed by atoms with Gasteiger partial charge in [0.25, 0.3) is 5.91 Å². The highest BCUT2D eigenvalue weighted by Crippen LogP contribution is 2.39. The first-order valence-corrected chi connectivity index (χ1v) is 11.3. The van der Waals surface area contributed by atoms with Gasteiger partial charge in [0.2, 0.25) is 6.29 Å². The molecule has 1 fully saturated rings. The fourth-order valence-electron chi connectivity index (χ4n) is 4.43. The monoisotopic (exact) mass is 419 g/mol. The Morgan fingerprint density at radius 3 is 2.47 bits per heavy atom. The van der Waals surface area contributed by atoms with Gasteiger partial charge >= 0.3 is 0 Å². The Balaban J connectivity index is 1.90. The molecule has 166 valence electrons. The number of carbonyl (C=O) groups excluding carboxylic acids is 1. The summed E-state index contributed by atoms with van der Waals surface area (Å²) >= 11 is 0. The van der Waals surface area contributed by atoms with E-state index in [0.29, 0.717) is 25.2 Å². The number of halogens is 1. The van der Waals surface area contributed by atoms with E-state index in [1.807, 2.05) is 17.9 Å². The molecule has 1 saturated heterocycles. The molecule has 3 rings (SSSR count). The third kappa shape index (κ3) is 5.82. The van der Waals surface area contributed by atoms with Crippen molar-refractivity contribution in [1.29, 1.82) is 0 Å². The Hall–Kier alpha value is -1.92. The lowest BCUT2D eigenvalue weighted by Crippen LogP contribution is -2.41. The molecule has 0 bridgehead atoms. The number of nitrogens with zero attached hydrogens (tertiary/aromatic N) is 1. The molecule has 0 unspecified atom stereocenters. The summed E-state index contributed by atoms with van der Waals surface area (Å²) in [4.78, 5) is 15.2. The zero-order valence-electron chi connectivity index (χ0n) is 17.9. The van der Waals surface area contributed by atoms with Gasteiger partial charge in [-0.1, -0.05) is 31.4 Å². The quantitative estimate of drug-likeness (QED) is 0.713. The van der Waals surface area contributed by atoms with Gasteiger partial charge in [0.05, 0.1) is 0 Å². The number of likely N-dealkylation sites (tertiary alicyclic amines) is 1. The second-order valence-corrected chi connectivity index (χ2v) is 8.14. The van der Waals surface area contributed by atoms with Crippen molar-refractivity contribution in [3.63, 3.8) is 0 Å². The molecule has 0 radical (unpaired) electrons. The second kappa shape index (κ2) is 11.5. The molecule has 30 heavy (non-hydrogen) atoms. The van der Waals surface area contributed by atoms with E-state index in [-0.39, 0.29) is 30.2 Å². The molecule has 1 N–H and O–H groups in total. The number of amides is 1. The average molecular weight is 420 g/mol. The molecule has 2 heterocycles. The molecule has 1 aromatic carbocycles. The Bertz CT molecular complexity index is 698. The number of hydrogen-bond donors (Lipinski definition) is 1. The maximum Gasteiger partial charge on any atom is 0.288 e. The predicted molar refractivity (Wildman–Crippen MR) is 113 cm³/mol. The van der Waals surface area contributed by atoms with Crippen LogP contribution in [-0.4, -0.2) is 48.5 Å². The minimum atomic E-state index is -0.574. The van der Waals surface area contributed by atoms with Crippen molar-refractivity contribution in [1.82, 2.24) is 4.90 Å². The Kier molecular flexibility index (Phi) is 8.70. The first-order valence-electron chi connectivity index (χ1n) is 11.3.